The van der Waals surface area contributed by atoms with Crippen molar-refractivity contribution >= 4 is 11.8 Å². The van der Waals surface area contributed by atoms with Crippen molar-refractivity contribution in [3.8, 4) is 0 Å². The Kier molecular flexibility index (Phi) is 3.65. The molecule has 87 valence electrons. The van der Waals surface area contributed by atoms with Gasteiger partial charge in [-0.05, 0) is 13.8 Å². The molecule has 0 atom stereocenters. The van der Waals surface area contributed by atoms with Crippen LogP contribution in [0.3, 0.4) is 0 Å². The first kappa shape index (κ1) is 12.2. The van der Waals surface area contributed by atoms with Crippen molar-refractivity contribution < 1.29 is 9.59 Å². The van der Waals surface area contributed by atoms with Gasteiger partial charge in [-0.15, -0.1) is 0 Å². The first-order valence-corrected chi connectivity index (χ1v) is 5.06. The Morgan fingerprint density at radius 3 is 2.38 bits per heavy atom. The van der Waals surface area contributed by atoms with Gasteiger partial charge in [0, 0.05) is 20.1 Å². The number of carbonyl (C=O) groups is 2. The predicted molar refractivity (Wildman–Crippen MR) is 57.8 cm³/mol. The van der Waals surface area contributed by atoms with Gasteiger partial charge in [-0.3, -0.25) is 14.3 Å². The largest absolute Gasteiger partial charge is 0.364 e. The Morgan fingerprint density at radius 2 is 2.00 bits per heavy atom. The molecule has 0 aliphatic rings. The molecule has 6 nitrogen and oxygen atoms in total. The van der Waals surface area contributed by atoms with E-state index in [1.54, 1.807) is 11.9 Å². The average Bonchev–Trinajstić information content (AvgIpc) is 2.62. The van der Waals surface area contributed by atoms with Gasteiger partial charge in [-0.1, -0.05) is 0 Å². The lowest BCUT2D eigenvalue weighted by Gasteiger charge is -2.17. The van der Waals surface area contributed by atoms with Crippen LogP contribution in [0.25, 0.3) is 0 Å². The van der Waals surface area contributed by atoms with Gasteiger partial charge >= 0.3 is 0 Å². The van der Waals surface area contributed by atoms with E-state index in [1.807, 2.05) is 13.8 Å². The summed E-state index contributed by atoms with van der Waals surface area (Å²) < 4.78 is 1.32. The Bertz CT molecular complexity index is 407. The minimum absolute atomic E-state index is 0.0157. The van der Waals surface area contributed by atoms with Crippen LogP contribution >= 0.6 is 0 Å². The molecule has 0 bridgehead atoms. The summed E-state index contributed by atoms with van der Waals surface area (Å²) in [5.41, 5.74) is 5.30. The fraction of sp³-hybridized carbons (Fsp3) is 0.500. The third-order valence-electron chi connectivity index (χ3n) is 2.30. The Hall–Kier alpha value is -1.85. The van der Waals surface area contributed by atoms with Crippen molar-refractivity contribution in [1.29, 1.82) is 0 Å². The maximum atomic E-state index is 11.9. The minimum Gasteiger partial charge on any atom is -0.364 e. The molecule has 1 aromatic heterocycles. The number of carbonyl (C=O) groups excluding carboxylic acids is 2. The zero-order valence-electron chi connectivity index (χ0n) is 9.65. The van der Waals surface area contributed by atoms with Gasteiger partial charge in [-0.2, -0.15) is 5.10 Å². The van der Waals surface area contributed by atoms with Crippen molar-refractivity contribution in [3.63, 3.8) is 0 Å². The summed E-state index contributed by atoms with van der Waals surface area (Å²) in [5.74, 6) is -0.887. The molecule has 2 N–H and O–H groups in total. The average molecular weight is 223 g/mol. The van der Waals surface area contributed by atoms with Gasteiger partial charge in [0.15, 0.2) is 5.69 Å². The van der Waals surface area contributed by atoms with Crippen molar-refractivity contribution in [1.82, 2.24) is 14.7 Å². The highest BCUT2D eigenvalue weighted by molar-refractivity contribution is 5.96. The molecule has 16 heavy (non-hydrogen) atoms. The van der Waals surface area contributed by atoms with Crippen LogP contribution in [0.2, 0.25) is 0 Å². The lowest BCUT2D eigenvalue weighted by molar-refractivity contribution is 0.0761. The van der Waals surface area contributed by atoms with Crippen LogP contribution < -0.4 is 5.73 Å². The van der Waals surface area contributed by atoms with E-state index in [9.17, 15) is 9.59 Å². The van der Waals surface area contributed by atoms with E-state index >= 15 is 0 Å². The second kappa shape index (κ2) is 4.78. The molecule has 1 aromatic rings. The summed E-state index contributed by atoms with van der Waals surface area (Å²) in [6.07, 6.45) is 0. The topological polar surface area (TPSA) is 81.2 Å². The zero-order valence-corrected chi connectivity index (χ0v) is 9.65. The van der Waals surface area contributed by atoms with Crippen molar-refractivity contribution in [2.45, 2.75) is 13.8 Å². The van der Waals surface area contributed by atoms with Crippen LogP contribution in [0, 0.1) is 6.07 Å². The molecule has 0 saturated carbocycles. The summed E-state index contributed by atoms with van der Waals surface area (Å²) >= 11 is 0. The van der Waals surface area contributed by atoms with Crippen molar-refractivity contribution in [3.05, 3.63) is 17.5 Å². The number of rotatable bonds is 4. The van der Waals surface area contributed by atoms with Crippen LogP contribution in [0.1, 0.15) is 34.8 Å². The molecule has 0 fully saturated rings. The molecule has 0 aliphatic heterocycles. The molecular formula is C10H15N4O2. The normalized spacial score (nSPS) is 10.2. The summed E-state index contributed by atoms with van der Waals surface area (Å²) in [5, 5.41) is 3.82. The fourth-order valence-electron chi connectivity index (χ4n) is 1.38. The highest BCUT2D eigenvalue weighted by Crippen LogP contribution is 2.05. The Balaban J connectivity index is 3.04. The first-order valence-electron chi connectivity index (χ1n) is 5.06. The number of aryl methyl sites for hydroxylation is 1. The van der Waals surface area contributed by atoms with Crippen LogP contribution in [-0.2, 0) is 7.05 Å². The monoisotopic (exact) mass is 223 g/mol. The Morgan fingerprint density at radius 1 is 1.44 bits per heavy atom. The first-order chi connectivity index (χ1) is 7.51. The summed E-state index contributed by atoms with van der Waals surface area (Å²) in [6.45, 7) is 4.96. The highest BCUT2D eigenvalue weighted by atomic mass is 16.2. The lowest BCUT2D eigenvalue weighted by Crippen LogP contribution is -2.31. The number of nitrogens with two attached hydrogens (primary N) is 1. The van der Waals surface area contributed by atoms with E-state index in [0.717, 1.165) is 0 Å². The van der Waals surface area contributed by atoms with E-state index in [4.69, 9.17) is 5.73 Å². The standard InChI is InChI=1S/C10H15N4O2/c1-4-14(5-2)10(16)8-6-7(9(11)15)12-13(8)3/h4-5H2,1-3H3,(H2,11,15). The molecule has 0 aliphatic carbocycles. The van der Waals surface area contributed by atoms with E-state index in [-0.39, 0.29) is 17.3 Å². The molecule has 1 radical (unpaired) electrons. The maximum absolute atomic E-state index is 11.9. The van der Waals surface area contributed by atoms with E-state index in [2.05, 4.69) is 11.2 Å². The van der Waals surface area contributed by atoms with Gasteiger partial charge in [0.1, 0.15) is 5.69 Å². The van der Waals surface area contributed by atoms with E-state index in [0.29, 0.717) is 13.1 Å². The van der Waals surface area contributed by atoms with Gasteiger partial charge in [-0.25, -0.2) is 0 Å². The van der Waals surface area contributed by atoms with Crippen LogP contribution in [0.5, 0.6) is 0 Å². The maximum Gasteiger partial charge on any atom is 0.272 e. The van der Waals surface area contributed by atoms with E-state index < -0.39 is 5.91 Å². The lowest BCUT2D eigenvalue weighted by atomic mass is 10.3. The van der Waals surface area contributed by atoms with Gasteiger partial charge in [0.2, 0.25) is 0 Å². The number of nitrogens with zero attached hydrogens (tertiary/aromatic N) is 3. The van der Waals surface area contributed by atoms with Gasteiger partial charge in [0.05, 0.1) is 6.07 Å². The number of hydrogen-bond donors (Lipinski definition) is 1. The molecule has 0 spiro atoms. The molecule has 6 heteroatoms. The molecule has 0 unspecified atom stereocenters. The second-order valence-electron chi connectivity index (χ2n) is 3.29. The summed E-state index contributed by atoms with van der Waals surface area (Å²) in [6, 6.07) is 2.62. The quantitative estimate of drug-likeness (QED) is 0.767. The van der Waals surface area contributed by atoms with Crippen LogP contribution in [0.4, 0.5) is 0 Å². The zero-order chi connectivity index (χ0) is 12.3. The predicted octanol–water partition coefficient (Wildman–Crippen LogP) is -0.199. The third kappa shape index (κ3) is 2.21. The number of amides is 2. The number of primary amides is 1. The molecule has 0 aromatic carbocycles. The van der Waals surface area contributed by atoms with Crippen LogP contribution in [0.15, 0.2) is 0 Å². The fourth-order valence-corrected chi connectivity index (χ4v) is 1.38. The molecule has 2 amide bonds. The molecular weight excluding hydrogens is 208 g/mol. The smallest absolute Gasteiger partial charge is 0.272 e. The van der Waals surface area contributed by atoms with Gasteiger partial charge < -0.3 is 10.6 Å². The van der Waals surface area contributed by atoms with Crippen LogP contribution in [-0.4, -0.2) is 39.6 Å². The number of hydrogen-bond acceptors (Lipinski definition) is 3. The van der Waals surface area contributed by atoms with Gasteiger partial charge in [0.25, 0.3) is 11.8 Å². The Labute approximate surface area is 94.0 Å². The summed E-state index contributed by atoms with van der Waals surface area (Å²) in [7, 11) is 1.58. The minimum atomic E-state index is -0.686. The van der Waals surface area contributed by atoms with E-state index in [1.165, 1.54) is 4.68 Å². The molecule has 0 saturated heterocycles. The second-order valence-corrected chi connectivity index (χ2v) is 3.29. The third-order valence-corrected chi connectivity index (χ3v) is 2.30. The van der Waals surface area contributed by atoms with Crippen molar-refractivity contribution in [2.75, 3.05) is 13.1 Å². The number of aromatic nitrogens is 2. The highest BCUT2D eigenvalue weighted by Gasteiger charge is 2.19. The SMILES string of the molecule is CCN(CC)C(=O)c1[c]c(C(N)=O)nn1C. The molecule has 1 rings (SSSR count). The molecule has 1 heterocycles. The summed E-state index contributed by atoms with van der Waals surface area (Å²) in [4.78, 5) is 24.5. The van der Waals surface area contributed by atoms with Crippen molar-refractivity contribution in [2.24, 2.45) is 12.8 Å².